The number of anilines is 1. The van der Waals surface area contributed by atoms with Crippen LogP contribution in [0.15, 0.2) is 17.1 Å². The molecule has 0 aromatic carbocycles. The number of rotatable bonds is 5. The van der Waals surface area contributed by atoms with Crippen molar-refractivity contribution in [1.82, 2.24) is 4.57 Å². The summed E-state index contributed by atoms with van der Waals surface area (Å²) in [5.74, 6) is -0.679. The van der Waals surface area contributed by atoms with Gasteiger partial charge in [-0.3, -0.25) is 29.1 Å². The van der Waals surface area contributed by atoms with E-state index in [1.54, 1.807) is 0 Å². The summed E-state index contributed by atoms with van der Waals surface area (Å²) in [6, 6.07) is 1.12. The zero-order valence-corrected chi connectivity index (χ0v) is 16.3. The lowest BCUT2D eigenvalue weighted by atomic mass is 9.88. The standard InChI is InChI=1S/C18H20N4O5S/c1-9-3-4-11-13(5-9)28-18(16(11)17(19)25)20-14(23)8-21-7-12(22(26)27)10(2)6-15(21)24/h6-7,9H,3-5,8H2,1-2H3,(H2,19,25)(H,20,23). The van der Waals surface area contributed by atoms with Gasteiger partial charge in [0.15, 0.2) is 0 Å². The molecule has 9 nitrogen and oxygen atoms in total. The van der Waals surface area contributed by atoms with Crippen LogP contribution in [0.4, 0.5) is 10.7 Å². The number of primary amides is 1. The highest BCUT2D eigenvalue weighted by atomic mass is 32.1. The molecule has 1 aliphatic rings. The Morgan fingerprint density at radius 2 is 2.18 bits per heavy atom. The Balaban J connectivity index is 1.87. The normalized spacial score (nSPS) is 15.7. The second-order valence-electron chi connectivity index (χ2n) is 7.03. The first-order chi connectivity index (χ1) is 13.2. The summed E-state index contributed by atoms with van der Waals surface area (Å²) >= 11 is 1.32. The average Bonchev–Trinajstić information content (AvgIpc) is 2.93. The molecule has 0 radical (unpaired) electrons. The Labute approximate surface area is 164 Å². The van der Waals surface area contributed by atoms with E-state index in [0.29, 0.717) is 16.5 Å². The van der Waals surface area contributed by atoms with E-state index < -0.39 is 28.8 Å². The second kappa shape index (κ2) is 7.55. The third kappa shape index (κ3) is 3.81. The molecule has 2 aromatic heterocycles. The average molecular weight is 404 g/mol. The first-order valence-electron chi connectivity index (χ1n) is 8.77. The molecule has 1 aliphatic carbocycles. The van der Waals surface area contributed by atoms with Gasteiger partial charge in [0.05, 0.1) is 16.7 Å². The van der Waals surface area contributed by atoms with Crippen LogP contribution < -0.4 is 16.6 Å². The minimum Gasteiger partial charge on any atom is -0.365 e. The summed E-state index contributed by atoms with van der Waals surface area (Å²) in [5.41, 5.74) is 6.19. The zero-order chi connectivity index (χ0) is 20.6. The fraction of sp³-hybridized carbons (Fsp3) is 0.389. The number of amides is 2. The van der Waals surface area contributed by atoms with Crippen molar-refractivity contribution in [3.63, 3.8) is 0 Å². The Hall–Kier alpha value is -3.01. The van der Waals surface area contributed by atoms with Gasteiger partial charge in [0.25, 0.3) is 17.2 Å². The number of nitrogens with one attached hydrogen (secondary N) is 1. The van der Waals surface area contributed by atoms with Crippen LogP contribution in [-0.2, 0) is 24.2 Å². The number of carbonyl (C=O) groups is 2. The predicted molar refractivity (Wildman–Crippen MR) is 105 cm³/mol. The van der Waals surface area contributed by atoms with Crippen LogP contribution in [0.2, 0.25) is 0 Å². The van der Waals surface area contributed by atoms with Crippen molar-refractivity contribution in [2.75, 3.05) is 5.32 Å². The molecule has 0 aliphatic heterocycles. The molecular formula is C18H20N4O5S. The van der Waals surface area contributed by atoms with Crippen LogP contribution in [0.25, 0.3) is 0 Å². The monoisotopic (exact) mass is 404 g/mol. The molecule has 1 unspecified atom stereocenters. The molecule has 10 heteroatoms. The van der Waals surface area contributed by atoms with Gasteiger partial charge in [-0.2, -0.15) is 0 Å². The maximum absolute atomic E-state index is 12.5. The lowest BCUT2D eigenvalue weighted by Crippen LogP contribution is -2.28. The van der Waals surface area contributed by atoms with Gasteiger partial charge in [-0.1, -0.05) is 6.92 Å². The number of aromatic nitrogens is 1. The molecule has 2 aromatic rings. The van der Waals surface area contributed by atoms with Gasteiger partial charge in [0, 0.05) is 16.5 Å². The summed E-state index contributed by atoms with van der Waals surface area (Å²) in [4.78, 5) is 47.9. The summed E-state index contributed by atoms with van der Waals surface area (Å²) in [6.45, 7) is 3.18. The minimum atomic E-state index is -0.608. The predicted octanol–water partition coefficient (Wildman–Crippen LogP) is 1.99. The van der Waals surface area contributed by atoms with Crippen molar-refractivity contribution in [3.8, 4) is 0 Å². The SMILES string of the molecule is Cc1cc(=O)n(CC(=O)Nc2sc3c(c2C(N)=O)CCC(C)C3)cc1[N+](=O)[O-]. The lowest BCUT2D eigenvalue weighted by Gasteiger charge is -2.18. The maximum Gasteiger partial charge on any atom is 0.288 e. The molecule has 0 spiro atoms. The molecule has 28 heavy (non-hydrogen) atoms. The quantitative estimate of drug-likeness (QED) is 0.580. The molecule has 2 amide bonds. The molecular weight excluding hydrogens is 384 g/mol. The number of carbonyl (C=O) groups excluding carboxylic acids is 2. The van der Waals surface area contributed by atoms with Crippen LogP contribution in [0.1, 0.15) is 39.7 Å². The molecule has 3 rings (SSSR count). The van der Waals surface area contributed by atoms with Crippen LogP contribution in [0.3, 0.4) is 0 Å². The first kappa shape index (κ1) is 19.7. The van der Waals surface area contributed by atoms with Crippen LogP contribution >= 0.6 is 11.3 Å². The van der Waals surface area contributed by atoms with Crippen molar-refractivity contribution in [1.29, 1.82) is 0 Å². The van der Waals surface area contributed by atoms with E-state index in [0.717, 1.165) is 46.5 Å². The Kier molecular flexibility index (Phi) is 5.32. The van der Waals surface area contributed by atoms with Gasteiger partial charge >= 0.3 is 0 Å². The maximum atomic E-state index is 12.5. The van der Waals surface area contributed by atoms with Crippen molar-refractivity contribution in [2.24, 2.45) is 11.7 Å². The number of hydrogen-bond acceptors (Lipinski definition) is 6. The fourth-order valence-electron chi connectivity index (χ4n) is 3.39. The van der Waals surface area contributed by atoms with Gasteiger partial charge in [0.2, 0.25) is 5.91 Å². The van der Waals surface area contributed by atoms with Crippen molar-refractivity contribution >= 4 is 33.8 Å². The highest BCUT2D eigenvalue weighted by Gasteiger charge is 2.27. The third-order valence-corrected chi connectivity index (χ3v) is 6.00. The molecule has 0 saturated carbocycles. The highest BCUT2D eigenvalue weighted by Crippen LogP contribution is 2.39. The van der Waals surface area contributed by atoms with E-state index in [-0.39, 0.29) is 11.3 Å². The van der Waals surface area contributed by atoms with Crippen LogP contribution in [0.5, 0.6) is 0 Å². The number of nitrogens with zero attached hydrogens (tertiary/aromatic N) is 2. The number of pyridine rings is 1. The number of thiophene rings is 1. The summed E-state index contributed by atoms with van der Waals surface area (Å²) < 4.78 is 0.972. The van der Waals surface area contributed by atoms with Gasteiger partial charge < -0.3 is 11.1 Å². The number of nitrogens with two attached hydrogens (primary N) is 1. The third-order valence-electron chi connectivity index (χ3n) is 4.83. The van der Waals surface area contributed by atoms with Gasteiger partial charge in [-0.15, -0.1) is 11.3 Å². The largest absolute Gasteiger partial charge is 0.365 e. The fourth-order valence-corrected chi connectivity index (χ4v) is 4.82. The van der Waals surface area contributed by atoms with E-state index in [1.165, 1.54) is 18.3 Å². The van der Waals surface area contributed by atoms with E-state index in [1.807, 2.05) is 0 Å². The van der Waals surface area contributed by atoms with Crippen molar-refractivity contribution < 1.29 is 14.5 Å². The number of hydrogen-bond donors (Lipinski definition) is 2. The number of aryl methyl sites for hydroxylation is 1. The van der Waals surface area contributed by atoms with Gasteiger partial charge in [-0.25, -0.2) is 0 Å². The van der Waals surface area contributed by atoms with Gasteiger partial charge in [0.1, 0.15) is 11.5 Å². The van der Waals surface area contributed by atoms with E-state index in [9.17, 15) is 24.5 Å². The van der Waals surface area contributed by atoms with E-state index >= 15 is 0 Å². The Morgan fingerprint density at radius 3 is 2.82 bits per heavy atom. The summed E-state index contributed by atoms with van der Waals surface area (Å²) in [5, 5.41) is 14.1. The zero-order valence-electron chi connectivity index (χ0n) is 15.5. The van der Waals surface area contributed by atoms with E-state index in [2.05, 4.69) is 12.2 Å². The molecule has 148 valence electrons. The number of fused-ring (bicyclic) bond motifs is 1. The first-order valence-corrected chi connectivity index (χ1v) is 9.58. The van der Waals surface area contributed by atoms with Crippen LogP contribution in [0, 0.1) is 23.0 Å². The second-order valence-corrected chi connectivity index (χ2v) is 8.14. The molecule has 0 bridgehead atoms. The molecule has 0 saturated heterocycles. The smallest absolute Gasteiger partial charge is 0.288 e. The summed E-state index contributed by atoms with van der Waals surface area (Å²) in [6.07, 6.45) is 3.54. The summed E-state index contributed by atoms with van der Waals surface area (Å²) in [7, 11) is 0. The van der Waals surface area contributed by atoms with Crippen LogP contribution in [-0.4, -0.2) is 21.3 Å². The minimum absolute atomic E-state index is 0.225. The number of nitro groups is 1. The van der Waals surface area contributed by atoms with Gasteiger partial charge in [-0.05, 0) is 37.7 Å². The van der Waals surface area contributed by atoms with Crippen molar-refractivity contribution in [3.05, 3.63) is 54.3 Å². The molecule has 2 heterocycles. The topological polar surface area (TPSA) is 137 Å². The lowest BCUT2D eigenvalue weighted by molar-refractivity contribution is -0.385. The molecule has 1 atom stereocenters. The molecule has 3 N–H and O–H groups in total. The highest BCUT2D eigenvalue weighted by molar-refractivity contribution is 7.17. The Bertz CT molecular complexity index is 1040. The Morgan fingerprint density at radius 1 is 1.46 bits per heavy atom. The van der Waals surface area contributed by atoms with E-state index in [4.69, 9.17) is 5.73 Å². The molecule has 0 fully saturated rings. The van der Waals surface area contributed by atoms with Crippen molar-refractivity contribution in [2.45, 2.75) is 39.7 Å².